The fourth-order valence-corrected chi connectivity index (χ4v) is 2.62. The molecule has 1 rings (SSSR count). The SMILES string of the molecule is CC(=O)[C@@H]1SCCN1C(=S)CN. The fourth-order valence-electron chi connectivity index (χ4n) is 1.18. The molecule has 1 aliphatic heterocycles. The van der Waals surface area contributed by atoms with E-state index in [1.54, 1.807) is 18.7 Å². The molecule has 12 heavy (non-hydrogen) atoms. The predicted molar refractivity (Wildman–Crippen MR) is 55.3 cm³/mol. The van der Waals surface area contributed by atoms with E-state index in [0.717, 1.165) is 12.3 Å². The van der Waals surface area contributed by atoms with Gasteiger partial charge in [0.05, 0.1) is 4.99 Å². The summed E-state index contributed by atoms with van der Waals surface area (Å²) in [6, 6.07) is 0. The Balaban J connectivity index is 2.63. The van der Waals surface area contributed by atoms with Gasteiger partial charge < -0.3 is 10.6 Å². The lowest BCUT2D eigenvalue weighted by molar-refractivity contribution is -0.118. The van der Waals surface area contributed by atoms with Gasteiger partial charge in [-0.05, 0) is 6.92 Å². The number of thiocarbonyl (C=S) groups is 1. The highest BCUT2D eigenvalue weighted by atomic mass is 32.2. The summed E-state index contributed by atoms with van der Waals surface area (Å²) in [4.78, 5) is 13.7. The van der Waals surface area contributed by atoms with E-state index in [1.807, 2.05) is 4.90 Å². The highest BCUT2D eigenvalue weighted by molar-refractivity contribution is 8.00. The van der Waals surface area contributed by atoms with Crippen LogP contribution >= 0.6 is 24.0 Å². The van der Waals surface area contributed by atoms with Gasteiger partial charge in [-0.15, -0.1) is 11.8 Å². The number of ketones is 1. The number of thioether (sulfide) groups is 1. The molecule has 3 nitrogen and oxygen atoms in total. The van der Waals surface area contributed by atoms with E-state index in [4.69, 9.17) is 18.0 Å². The van der Waals surface area contributed by atoms with Crippen LogP contribution in [0.4, 0.5) is 0 Å². The number of carbonyl (C=O) groups excluding carboxylic acids is 1. The molecular formula is C7H12N2OS2. The molecule has 2 N–H and O–H groups in total. The van der Waals surface area contributed by atoms with E-state index in [1.165, 1.54) is 0 Å². The maximum atomic E-state index is 11.1. The zero-order chi connectivity index (χ0) is 9.14. The first-order chi connectivity index (χ1) is 5.66. The zero-order valence-corrected chi connectivity index (χ0v) is 8.58. The third kappa shape index (κ3) is 1.97. The smallest absolute Gasteiger partial charge is 0.162 e. The predicted octanol–water partition coefficient (Wildman–Crippen LogP) is 0.236. The Morgan fingerprint density at radius 1 is 1.83 bits per heavy atom. The van der Waals surface area contributed by atoms with Crippen molar-refractivity contribution in [1.29, 1.82) is 0 Å². The molecular weight excluding hydrogens is 192 g/mol. The van der Waals surface area contributed by atoms with E-state index in [2.05, 4.69) is 0 Å². The van der Waals surface area contributed by atoms with Crippen LogP contribution in [0.15, 0.2) is 0 Å². The molecule has 0 spiro atoms. The molecule has 0 aromatic heterocycles. The molecule has 1 atom stereocenters. The van der Waals surface area contributed by atoms with Crippen LogP contribution in [0.2, 0.25) is 0 Å². The Hall–Kier alpha value is -0.130. The van der Waals surface area contributed by atoms with Crippen molar-refractivity contribution in [3.63, 3.8) is 0 Å². The van der Waals surface area contributed by atoms with Crippen molar-refractivity contribution in [2.45, 2.75) is 12.3 Å². The van der Waals surface area contributed by atoms with Gasteiger partial charge >= 0.3 is 0 Å². The second-order valence-electron chi connectivity index (χ2n) is 2.63. The topological polar surface area (TPSA) is 46.3 Å². The summed E-state index contributed by atoms with van der Waals surface area (Å²) in [5, 5.41) is -0.0824. The minimum atomic E-state index is -0.0824. The Kier molecular flexibility index (Phi) is 3.49. The van der Waals surface area contributed by atoms with Gasteiger partial charge in [-0.3, -0.25) is 4.79 Å². The number of nitrogens with two attached hydrogens (primary N) is 1. The molecule has 0 aromatic rings. The lowest BCUT2D eigenvalue weighted by atomic mass is 10.3. The van der Waals surface area contributed by atoms with Crippen molar-refractivity contribution >= 4 is 34.8 Å². The van der Waals surface area contributed by atoms with Crippen LogP contribution < -0.4 is 5.73 Å². The molecule has 0 aromatic carbocycles. The number of nitrogens with zero attached hydrogens (tertiary/aromatic N) is 1. The minimum Gasteiger partial charge on any atom is -0.346 e. The number of hydrogen-bond acceptors (Lipinski definition) is 4. The van der Waals surface area contributed by atoms with Crippen LogP contribution in [0.25, 0.3) is 0 Å². The van der Waals surface area contributed by atoms with Crippen molar-refractivity contribution in [2.24, 2.45) is 5.73 Å². The van der Waals surface area contributed by atoms with E-state index in [9.17, 15) is 4.79 Å². The summed E-state index contributed by atoms with van der Waals surface area (Å²) in [5.74, 6) is 1.12. The zero-order valence-electron chi connectivity index (χ0n) is 6.95. The summed E-state index contributed by atoms with van der Waals surface area (Å²) in [6.07, 6.45) is 0. The van der Waals surface area contributed by atoms with Crippen LogP contribution in [-0.4, -0.2) is 39.9 Å². The average molecular weight is 204 g/mol. The van der Waals surface area contributed by atoms with Gasteiger partial charge in [0.2, 0.25) is 0 Å². The van der Waals surface area contributed by atoms with E-state index in [0.29, 0.717) is 11.5 Å². The standard InChI is InChI=1S/C7H12N2OS2/c1-5(10)7-9(2-3-12-7)6(11)4-8/h7H,2-4,8H2,1H3/t7-/m0/s1. The third-order valence-electron chi connectivity index (χ3n) is 1.73. The van der Waals surface area contributed by atoms with Crippen molar-refractivity contribution in [2.75, 3.05) is 18.8 Å². The van der Waals surface area contributed by atoms with E-state index >= 15 is 0 Å². The van der Waals surface area contributed by atoms with Gasteiger partial charge in [0.1, 0.15) is 5.37 Å². The molecule has 0 saturated carbocycles. The maximum Gasteiger partial charge on any atom is 0.162 e. The van der Waals surface area contributed by atoms with Gasteiger partial charge in [-0.2, -0.15) is 0 Å². The lowest BCUT2D eigenvalue weighted by Gasteiger charge is -2.23. The van der Waals surface area contributed by atoms with Crippen molar-refractivity contribution < 1.29 is 4.79 Å². The maximum absolute atomic E-state index is 11.1. The number of carbonyl (C=O) groups is 1. The Bertz CT molecular complexity index is 208. The molecule has 0 aliphatic carbocycles. The monoisotopic (exact) mass is 204 g/mol. The van der Waals surface area contributed by atoms with Gasteiger partial charge in [0, 0.05) is 18.8 Å². The highest BCUT2D eigenvalue weighted by Gasteiger charge is 2.29. The molecule has 68 valence electrons. The highest BCUT2D eigenvalue weighted by Crippen LogP contribution is 2.24. The number of Topliss-reactive ketones (excluding diaryl/α,β-unsaturated/α-hetero) is 1. The first-order valence-corrected chi connectivity index (χ1v) is 5.24. The quantitative estimate of drug-likeness (QED) is 0.653. The summed E-state index contributed by atoms with van der Waals surface area (Å²) in [5.41, 5.74) is 5.41. The van der Waals surface area contributed by atoms with Crippen molar-refractivity contribution in [3.05, 3.63) is 0 Å². The molecule has 1 fully saturated rings. The first kappa shape index (κ1) is 9.95. The first-order valence-electron chi connectivity index (χ1n) is 3.78. The van der Waals surface area contributed by atoms with Gasteiger partial charge in [0.25, 0.3) is 0 Å². The summed E-state index contributed by atoms with van der Waals surface area (Å²) < 4.78 is 0. The number of hydrogen-bond donors (Lipinski definition) is 1. The largest absolute Gasteiger partial charge is 0.346 e. The van der Waals surface area contributed by atoms with E-state index < -0.39 is 0 Å². The van der Waals surface area contributed by atoms with Gasteiger partial charge in [0.15, 0.2) is 5.78 Å². The molecule has 1 heterocycles. The Morgan fingerprint density at radius 3 is 3.00 bits per heavy atom. The molecule has 1 aliphatic rings. The van der Waals surface area contributed by atoms with Crippen LogP contribution in [0.5, 0.6) is 0 Å². The molecule has 0 bridgehead atoms. The van der Waals surface area contributed by atoms with Crippen molar-refractivity contribution in [3.8, 4) is 0 Å². The second kappa shape index (κ2) is 4.20. The normalized spacial score (nSPS) is 22.8. The second-order valence-corrected chi connectivity index (χ2v) is 4.28. The summed E-state index contributed by atoms with van der Waals surface area (Å²) in [6.45, 7) is 2.81. The van der Waals surface area contributed by atoms with Crippen LogP contribution in [0, 0.1) is 0 Å². The average Bonchev–Trinajstić information content (AvgIpc) is 2.50. The third-order valence-corrected chi connectivity index (χ3v) is 3.46. The summed E-state index contributed by atoms with van der Waals surface area (Å²) in [7, 11) is 0. The minimum absolute atomic E-state index is 0.0824. The van der Waals surface area contributed by atoms with E-state index in [-0.39, 0.29) is 11.2 Å². The molecule has 0 unspecified atom stereocenters. The molecule has 0 amide bonds. The summed E-state index contributed by atoms with van der Waals surface area (Å²) >= 11 is 6.68. The molecule has 5 heteroatoms. The van der Waals surface area contributed by atoms with Crippen molar-refractivity contribution in [1.82, 2.24) is 4.90 Å². The van der Waals surface area contributed by atoms with Crippen LogP contribution in [0.1, 0.15) is 6.92 Å². The molecule has 0 radical (unpaired) electrons. The van der Waals surface area contributed by atoms with Gasteiger partial charge in [-0.1, -0.05) is 12.2 Å². The number of rotatable bonds is 2. The lowest BCUT2D eigenvalue weighted by Crippen LogP contribution is -2.40. The Labute approximate surface area is 81.7 Å². The Morgan fingerprint density at radius 2 is 2.50 bits per heavy atom. The fraction of sp³-hybridized carbons (Fsp3) is 0.714. The van der Waals surface area contributed by atoms with Gasteiger partial charge in [-0.25, -0.2) is 0 Å². The van der Waals surface area contributed by atoms with Crippen LogP contribution in [-0.2, 0) is 4.79 Å². The molecule has 1 saturated heterocycles. The van der Waals surface area contributed by atoms with Crippen LogP contribution in [0.3, 0.4) is 0 Å².